The first-order chi connectivity index (χ1) is 12.2. The van der Waals surface area contributed by atoms with Gasteiger partial charge >= 0.3 is 0 Å². The number of carbonyl (C=O) groups is 2. The maximum absolute atomic E-state index is 12.5. The molecule has 0 aliphatic carbocycles. The van der Waals surface area contributed by atoms with Crippen LogP contribution in [0.15, 0.2) is 60.7 Å². The van der Waals surface area contributed by atoms with E-state index in [-0.39, 0.29) is 23.7 Å². The molecule has 130 valence electrons. The van der Waals surface area contributed by atoms with Crippen molar-refractivity contribution in [3.8, 4) is 0 Å². The van der Waals surface area contributed by atoms with E-state index in [1.54, 1.807) is 0 Å². The number of hydrogen-bond donors (Lipinski definition) is 3. The fourth-order valence-corrected chi connectivity index (χ4v) is 3.06. The number of rotatable bonds is 6. The lowest BCUT2D eigenvalue weighted by molar-refractivity contribution is -0.133. The first kappa shape index (κ1) is 17.2. The fraction of sp³-hybridized carbons (Fsp3) is 0.300. The van der Waals surface area contributed by atoms with E-state index in [0.717, 1.165) is 11.1 Å². The van der Waals surface area contributed by atoms with Gasteiger partial charge in [-0.25, -0.2) is 0 Å². The monoisotopic (exact) mass is 337 g/mol. The van der Waals surface area contributed by atoms with E-state index < -0.39 is 0 Å². The Morgan fingerprint density at radius 2 is 1.16 bits per heavy atom. The summed E-state index contributed by atoms with van der Waals surface area (Å²) in [5.41, 5.74) is 2.10. The van der Waals surface area contributed by atoms with Crippen molar-refractivity contribution in [2.24, 2.45) is 11.8 Å². The molecule has 1 aliphatic rings. The number of amides is 2. The lowest BCUT2D eigenvalue weighted by Gasteiger charge is -2.18. The zero-order chi connectivity index (χ0) is 17.5. The Morgan fingerprint density at radius 1 is 0.760 bits per heavy atom. The SMILES string of the molecule is O=C(NCc1ccccc1)[C@@H]1CNC[C@H]1C(=O)NCc1ccccc1. The van der Waals surface area contributed by atoms with Crippen molar-refractivity contribution in [3.05, 3.63) is 71.8 Å². The van der Waals surface area contributed by atoms with Crippen LogP contribution >= 0.6 is 0 Å². The maximum Gasteiger partial charge on any atom is 0.225 e. The number of nitrogens with one attached hydrogen (secondary N) is 3. The third-order valence-corrected chi connectivity index (χ3v) is 4.51. The van der Waals surface area contributed by atoms with Gasteiger partial charge in [-0.05, 0) is 11.1 Å². The van der Waals surface area contributed by atoms with Gasteiger partial charge < -0.3 is 16.0 Å². The topological polar surface area (TPSA) is 70.2 Å². The Morgan fingerprint density at radius 3 is 1.56 bits per heavy atom. The number of carbonyl (C=O) groups excluding carboxylic acids is 2. The molecule has 1 heterocycles. The molecule has 2 aromatic rings. The zero-order valence-electron chi connectivity index (χ0n) is 14.1. The summed E-state index contributed by atoms with van der Waals surface area (Å²) >= 11 is 0. The van der Waals surface area contributed by atoms with Crippen molar-refractivity contribution in [3.63, 3.8) is 0 Å². The predicted molar refractivity (Wildman–Crippen MR) is 96.4 cm³/mol. The lowest BCUT2D eigenvalue weighted by atomic mass is 9.94. The molecule has 3 N–H and O–H groups in total. The highest BCUT2D eigenvalue weighted by Gasteiger charge is 2.37. The molecule has 2 aromatic carbocycles. The minimum Gasteiger partial charge on any atom is -0.352 e. The van der Waals surface area contributed by atoms with Crippen LogP contribution in [0, 0.1) is 11.8 Å². The van der Waals surface area contributed by atoms with Crippen LogP contribution in [0.4, 0.5) is 0 Å². The molecule has 0 unspecified atom stereocenters. The second-order valence-corrected chi connectivity index (χ2v) is 6.28. The molecule has 1 aliphatic heterocycles. The van der Waals surface area contributed by atoms with Crippen molar-refractivity contribution in [2.45, 2.75) is 13.1 Å². The molecule has 0 spiro atoms. The summed E-state index contributed by atoms with van der Waals surface area (Å²) < 4.78 is 0. The highest BCUT2D eigenvalue weighted by atomic mass is 16.2. The fourth-order valence-electron chi connectivity index (χ4n) is 3.06. The van der Waals surface area contributed by atoms with Crippen LogP contribution in [0.3, 0.4) is 0 Å². The molecule has 3 rings (SSSR count). The Labute approximate surface area is 147 Å². The van der Waals surface area contributed by atoms with Gasteiger partial charge in [0.25, 0.3) is 0 Å². The summed E-state index contributed by atoms with van der Waals surface area (Å²) in [7, 11) is 0. The van der Waals surface area contributed by atoms with Crippen LogP contribution in [0.5, 0.6) is 0 Å². The predicted octanol–water partition coefficient (Wildman–Crippen LogP) is 1.45. The Balaban J connectivity index is 1.52. The molecule has 1 fully saturated rings. The highest BCUT2D eigenvalue weighted by Crippen LogP contribution is 2.18. The van der Waals surface area contributed by atoms with Crippen LogP contribution in [0.2, 0.25) is 0 Å². The van der Waals surface area contributed by atoms with Crippen molar-refractivity contribution in [1.82, 2.24) is 16.0 Å². The van der Waals surface area contributed by atoms with Gasteiger partial charge in [-0.2, -0.15) is 0 Å². The van der Waals surface area contributed by atoms with Gasteiger partial charge in [0.15, 0.2) is 0 Å². The minimum absolute atomic E-state index is 0.0753. The van der Waals surface area contributed by atoms with Gasteiger partial charge in [-0.3, -0.25) is 9.59 Å². The highest BCUT2D eigenvalue weighted by molar-refractivity contribution is 5.88. The Kier molecular flexibility index (Phi) is 5.80. The molecular formula is C20H23N3O2. The van der Waals surface area contributed by atoms with Crippen LogP contribution < -0.4 is 16.0 Å². The summed E-state index contributed by atoms with van der Waals surface area (Å²) in [6, 6.07) is 19.5. The van der Waals surface area contributed by atoms with Gasteiger partial charge in [-0.15, -0.1) is 0 Å². The van der Waals surface area contributed by atoms with E-state index in [4.69, 9.17) is 0 Å². The molecule has 0 aromatic heterocycles. The molecule has 0 saturated carbocycles. The largest absolute Gasteiger partial charge is 0.352 e. The first-order valence-electron chi connectivity index (χ1n) is 8.58. The Hall–Kier alpha value is -2.66. The average Bonchev–Trinajstić information content (AvgIpc) is 3.16. The average molecular weight is 337 g/mol. The van der Waals surface area contributed by atoms with Gasteiger partial charge in [0.05, 0.1) is 11.8 Å². The summed E-state index contributed by atoms with van der Waals surface area (Å²) in [6.45, 7) is 2.02. The van der Waals surface area contributed by atoms with Crippen molar-refractivity contribution < 1.29 is 9.59 Å². The van der Waals surface area contributed by atoms with E-state index in [1.165, 1.54) is 0 Å². The summed E-state index contributed by atoms with van der Waals surface area (Å²) in [5, 5.41) is 9.04. The number of benzene rings is 2. The molecule has 25 heavy (non-hydrogen) atoms. The molecule has 5 nitrogen and oxygen atoms in total. The van der Waals surface area contributed by atoms with E-state index in [2.05, 4.69) is 16.0 Å². The van der Waals surface area contributed by atoms with Gasteiger partial charge in [0.1, 0.15) is 0 Å². The lowest BCUT2D eigenvalue weighted by Crippen LogP contribution is -2.41. The smallest absolute Gasteiger partial charge is 0.225 e. The Bertz CT molecular complexity index is 642. The minimum atomic E-state index is -0.334. The first-order valence-corrected chi connectivity index (χ1v) is 8.58. The second kappa shape index (κ2) is 8.44. The van der Waals surface area contributed by atoms with Crippen molar-refractivity contribution in [2.75, 3.05) is 13.1 Å². The molecule has 1 saturated heterocycles. The van der Waals surface area contributed by atoms with Crippen LogP contribution in [0.1, 0.15) is 11.1 Å². The van der Waals surface area contributed by atoms with Gasteiger partial charge in [-0.1, -0.05) is 60.7 Å². The summed E-state index contributed by atoms with van der Waals surface area (Å²) in [4.78, 5) is 25.0. The quantitative estimate of drug-likeness (QED) is 0.747. The van der Waals surface area contributed by atoms with E-state index >= 15 is 0 Å². The van der Waals surface area contributed by atoms with Crippen LogP contribution in [0.25, 0.3) is 0 Å². The number of hydrogen-bond acceptors (Lipinski definition) is 3. The second-order valence-electron chi connectivity index (χ2n) is 6.28. The summed E-state index contributed by atoms with van der Waals surface area (Å²) in [5.74, 6) is -0.818. The van der Waals surface area contributed by atoms with Gasteiger partial charge in [0.2, 0.25) is 11.8 Å². The van der Waals surface area contributed by atoms with Crippen molar-refractivity contribution >= 4 is 11.8 Å². The molecule has 2 amide bonds. The third kappa shape index (κ3) is 4.67. The molecule has 2 atom stereocenters. The van der Waals surface area contributed by atoms with Crippen molar-refractivity contribution in [1.29, 1.82) is 0 Å². The van der Waals surface area contributed by atoms with Crippen LogP contribution in [-0.2, 0) is 22.7 Å². The molecule has 0 radical (unpaired) electrons. The third-order valence-electron chi connectivity index (χ3n) is 4.51. The van der Waals surface area contributed by atoms with E-state index in [0.29, 0.717) is 26.2 Å². The summed E-state index contributed by atoms with van der Waals surface area (Å²) in [6.07, 6.45) is 0. The zero-order valence-corrected chi connectivity index (χ0v) is 14.1. The standard InChI is InChI=1S/C20H23N3O2/c24-19(22-11-15-7-3-1-4-8-15)17-13-21-14-18(17)20(25)23-12-16-9-5-2-6-10-16/h1-10,17-18,21H,11-14H2,(H,22,24)(H,23,25)/t17-,18-/m1/s1. The molecule has 0 bridgehead atoms. The maximum atomic E-state index is 12.5. The molecular weight excluding hydrogens is 314 g/mol. The molecule has 5 heteroatoms. The van der Waals surface area contributed by atoms with Crippen LogP contribution in [-0.4, -0.2) is 24.9 Å². The van der Waals surface area contributed by atoms with Gasteiger partial charge in [0, 0.05) is 26.2 Å². The normalized spacial score (nSPS) is 19.4. The van der Waals surface area contributed by atoms with E-state index in [1.807, 2.05) is 60.7 Å². The van der Waals surface area contributed by atoms with E-state index in [9.17, 15) is 9.59 Å².